The zero-order valence-electron chi connectivity index (χ0n) is 11.8. The van der Waals surface area contributed by atoms with Gasteiger partial charge in [-0.3, -0.25) is 4.90 Å². The minimum Gasteiger partial charge on any atom is -0.326 e. The number of likely N-dealkylation sites (N-methyl/N-ethyl adjacent to an activating group) is 1. The van der Waals surface area contributed by atoms with E-state index < -0.39 is 0 Å². The second kappa shape index (κ2) is 7.22. The Hall–Kier alpha value is -1.44. The molecule has 4 heteroatoms. The Labute approximate surface area is 114 Å². The molecule has 3 nitrogen and oxygen atoms in total. The number of nitriles is 1. The van der Waals surface area contributed by atoms with Crippen molar-refractivity contribution in [1.29, 1.82) is 5.26 Å². The Morgan fingerprint density at radius 1 is 1.37 bits per heavy atom. The van der Waals surface area contributed by atoms with Gasteiger partial charge in [0.05, 0.1) is 12.0 Å². The van der Waals surface area contributed by atoms with Crippen LogP contribution >= 0.6 is 0 Å². The Morgan fingerprint density at radius 2 is 1.95 bits per heavy atom. The molecule has 0 spiro atoms. The molecule has 1 rings (SSSR count). The molecule has 0 heterocycles. The molecular weight excluding hydrogens is 241 g/mol. The highest BCUT2D eigenvalue weighted by Gasteiger charge is 2.24. The molecule has 0 aliphatic carbocycles. The highest BCUT2D eigenvalue weighted by atomic mass is 19.1. The van der Waals surface area contributed by atoms with Crippen molar-refractivity contribution < 1.29 is 4.39 Å². The Morgan fingerprint density at radius 3 is 2.42 bits per heavy atom. The van der Waals surface area contributed by atoms with Gasteiger partial charge < -0.3 is 5.73 Å². The first-order valence-electron chi connectivity index (χ1n) is 6.60. The zero-order valence-corrected chi connectivity index (χ0v) is 11.8. The topological polar surface area (TPSA) is 53.0 Å². The minimum atomic E-state index is -0.249. The molecule has 0 saturated heterocycles. The van der Waals surface area contributed by atoms with Crippen LogP contribution in [0.1, 0.15) is 31.9 Å². The smallest absolute Gasteiger partial charge is 0.123 e. The van der Waals surface area contributed by atoms with Crippen LogP contribution in [-0.2, 0) is 0 Å². The average molecular weight is 263 g/mol. The predicted molar refractivity (Wildman–Crippen MR) is 74.8 cm³/mol. The quantitative estimate of drug-likeness (QED) is 0.858. The molecule has 1 aromatic carbocycles. The van der Waals surface area contributed by atoms with E-state index in [0.29, 0.717) is 6.54 Å². The lowest BCUT2D eigenvalue weighted by atomic mass is 9.96. The van der Waals surface area contributed by atoms with Gasteiger partial charge in [-0.2, -0.15) is 5.26 Å². The number of rotatable bonds is 6. The molecule has 0 aliphatic rings. The van der Waals surface area contributed by atoms with Gasteiger partial charge in [0, 0.05) is 18.6 Å². The molecule has 0 bridgehead atoms. The Bertz CT molecular complexity index is 424. The van der Waals surface area contributed by atoms with Crippen LogP contribution < -0.4 is 5.73 Å². The number of benzene rings is 1. The van der Waals surface area contributed by atoms with Crippen LogP contribution in [0.3, 0.4) is 0 Å². The first kappa shape index (κ1) is 15.6. The van der Waals surface area contributed by atoms with E-state index in [9.17, 15) is 4.39 Å². The van der Waals surface area contributed by atoms with Gasteiger partial charge in [-0.05, 0) is 38.1 Å². The lowest BCUT2D eigenvalue weighted by Crippen LogP contribution is -2.40. The van der Waals surface area contributed by atoms with Gasteiger partial charge in [-0.15, -0.1) is 0 Å². The first-order chi connectivity index (χ1) is 8.99. The lowest BCUT2D eigenvalue weighted by molar-refractivity contribution is 0.196. The normalized spacial score (nSPS) is 15.8. The molecule has 0 saturated carbocycles. The summed E-state index contributed by atoms with van der Waals surface area (Å²) in [6, 6.07) is 8.62. The van der Waals surface area contributed by atoms with Crippen LogP contribution in [0.5, 0.6) is 0 Å². The first-order valence-corrected chi connectivity index (χ1v) is 6.60. The van der Waals surface area contributed by atoms with Crippen molar-refractivity contribution in [3.8, 4) is 6.07 Å². The van der Waals surface area contributed by atoms with Crippen LogP contribution in [0.4, 0.5) is 4.39 Å². The maximum Gasteiger partial charge on any atom is 0.123 e. The van der Waals surface area contributed by atoms with E-state index in [1.54, 1.807) is 12.1 Å². The van der Waals surface area contributed by atoms with E-state index in [-0.39, 0.29) is 23.8 Å². The van der Waals surface area contributed by atoms with Crippen molar-refractivity contribution in [2.75, 3.05) is 13.6 Å². The van der Waals surface area contributed by atoms with Gasteiger partial charge in [-0.1, -0.05) is 19.1 Å². The van der Waals surface area contributed by atoms with Crippen molar-refractivity contribution in [2.45, 2.75) is 32.4 Å². The second-order valence-corrected chi connectivity index (χ2v) is 5.04. The summed E-state index contributed by atoms with van der Waals surface area (Å²) in [5, 5.41) is 8.91. The molecule has 2 N–H and O–H groups in total. The van der Waals surface area contributed by atoms with E-state index in [4.69, 9.17) is 11.0 Å². The Balaban J connectivity index is 2.95. The Kier molecular flexibility index (Phi) is 5.94. The van der Waals surface area contributed by atoms with Gasteiger partial charge in [-0.25, -0.2) is 4.39 Å². The van der Waals surface area contributed by atoms with Crippen LogP contribution in [0.2, 0.25) is 0 Å². The van der Waals surface area contributed by atoms with Gasteiger partial charge >= 0.3 is 0 Å². The summed E-state index contributed by atoms with van der Waals surface area (Å²) in [6.45, 7) is 4.56. The van der Waals surface area contributed by atoms with Crippen molar-refractivity contribution in [3.63, 3.8) is 0 Å². The SMILES string of the molecule is CCC(N)C(c1ccc(F)cc1)N(C)CC(C)C#N. The summed E-state index contributed by atoms with van der Waals surface area (Å²) in [7, 11) is 1.96. The van der Waals surface area contributed by atoms with Crippen molar-refractivity contribution >= 4 is 0 Å². The second-order valence-electron chi connectivity index (χ2n) is 5.04. The molecule has 3 unspecified atom stereocenters. The molecule has 1 aromatic rings. The van der Waals surface area contributed by atoms with Crippen LogP contribution in [0.25, 0.3) is 0 Å². The summed E-state index contributed by atoms with van der Waals surface area (Å²) >= 11 is 0. The molecule has 0 aromatic heterocycles. The van der Waals surface area contributed by atoms with Crippen molar-refractivity contribution in [1.82, 2.24) is 4.90 Å². The number of halogens is 1. The summed E-state index contributed by atoms with van der Waals surface area (Å²) in [5.41, 5.74) is 7.18. The molecule has 0 amide bonds. The van der Waals surface area contributed by atoms with Gasteiger partial charge in [0.2, 0.25) is 0 Å². The maximum atomic E-state index is 13.0. The number of nitrogens with zero attached hydrogens (tertiary/aromatic N) is 2. The molecule has 0 aliphatic heterocycles. The average Bonchev–Trinajstić information content (AvgIpc) is 2.40. The number of nitrogens with two attached hydrogens (primary N) is 1. The van der Waals surface area contributed by atoms with Crippen LogP contribution in [-0.4, -0.2) is 24.5 Å². The third-order valence-electron chi connectivity index (χ3n) is 3.35. The highest BCUT2D eigenvalue weighted by molar-refractivity contribution is 5.21. The van der Waals surface area contributed by atoms with E-state index in [1.165, 1.54) is 12.1 Å². The standard InChI is InChI=1S/C15H22FN3/c1-4-14(18)15(19(3)10-11(2)9-17)12-5-7-13(16)8-6-12/h5-8,11,14-15H,4,10,18H2,1-3H3. The fourth-order valence-electron chi connectivity index (χ4n) is 2.30. The molecule has 0 radical (unpaired) electrons. The third-order valence-corrected chi connectivity index (χ3v) is 3.35. The van der Waals surface area contributed by atoms with Gasteiger partial charge in [0.25, 0.3) is 0 Å². The number of hydrogen-bond acceptors (Lipinski definition) is 3. The third kappa shape index (κ3) is 4.30. The van der Waals surface area contributed by atoms with Gasteiger partial charge in [0.1, 0.15) is 5.82 Å². The van der Waals surface area contributed by atoms with Crippen molar-refractivity contribution in [3.05, 3.63) is 35.6 Å². The predicted octanol–water partition coefficient (Wildman–Crippen LogP) is 2.70. The fraction of sp³-hybridized carbons (Fsp3) is 0.533. The van der Waals surface area contributed by atoms with E-state index in [1.807, 2.05) is 20.9 Å². The summed E-state index contributed by atoms with van der Waals surface area (Å²) in [6.07, 6.45) is 0.827. The lowest BCUT2D eigenvalue weighted by Gasteiger charge is -2.33. The highest BCUT2D eigenvalue weighted by Crippen LogP contribution is 2.24. The monoisotopic (exact) mass is 263 g/mol. The van der Waals surface area contributed by atoms with Crippen LogP contribution in [0.15, 0.2) is 24.3 Å². The van der Waals surface area contributed by atoms with Gasteiger partial charge in [0.15, 0.2) is 0 Å². The number of hydrogen-bond donors (Lipinski definition) is 1. The minimum absolute atomic E-state index is 0.00130. The van der Waals surface area contributed by atoms with E-state index in [2.05, 4.69) is 11.0 Å². The fourth-order valence-corrected chi connectivity index (χ4v) is 2.30. The molecule has 3 atom stereocenters. The van der Waals surface area contributed by atoms with Crippen LogP contribution in [0, 0.1) is 23.1 Å². The summed E-state index contributed by atoms with van der Waals surface area (Å²) in [4.78, 5) is 2.08. The van der Waals surface area contributed by atoms with E-state index >= 15 is 0 Å². The summed E-state index contributed by atoms with van der Waals surface area (Å²) < 4.78 is 13.0. The largest absolute Gasteiger partial charge is 0.326 e. The zero-order chi connectivity index (χ0) is 14.4. The maximum absolute atomic E-state index is 13.0. The molecular formula is C15H22FN3. The molecule has 104 valence electrons. The molecule has 19 heavy (non-hydrogen) atoms. The molecule has 0 fully saturated rings. The van der Waals surface area contributed by atoms with Crippen molar-refractivity contribution in [2.24, 2.45) is 11.7 Å². The summed E-state index contributed by atoms with van der Waals surface area (Å²) in [5.74, 6) is -0.308. The van der Waals surface area contributed by atoms with E-state index in [0.717, 1.165) is 12.0 Å².